The standard InChI is InChI=1S/C17H17N3OS.C2H6/c21-10-4-5-13-8-9-16(18-11-13)20-17-19-12-15(22-17)14-6-2-1-3-7-14;1-2/h1-3,6-9,11-12,21H,4-5,10H2,(H,18,19,20);1-2H3. The third kappa shape index (κ3) is 5.15. The summed E-state index contributed by atoms with van der Waals surface area (Å²) in [6, 6.07) is 14.2. The SMILES string of the molecule is CC.OCCCc1ccc(Nc2ncc(-c3ccccc3)s2)nc1. The number of aryl methyl sites for hydroxylation is 1. The van der Waals surface area contributed by atoms with E-state index >= 15 is 0 Å². The molecule has 0 unspecified atom stereocenters. The van der Waals surface area contributed by atoms with Gasteiger partial charge in [0.15, 0.2) is 5.13 Å². The van der Waals surface area contributed by atoms with E-state index in [4.69, 9.17) is 5.11 Å². The Balaban J connectivity index is 0.00000100. The van der Waals surface area contributed by atoms with E-state index in [-0.39, 0.29) is 6.61 Å². The molecule has 0 fully saturated rings. The molecule has 5 heteroatoms. The van der Waals surface area contributed by atoms with E-state index < -0.39 is 0 Å². The lowest BCUT2D eigenvalue weighted by Gasteiger charge is -2.03. The van der Waals surface area contributed by atoms with Crippen molar-refractivity contribution in [2.75, 3.05) is 11.9 Å². The topological polar surface area (TPSA) is 58.0 Å². The first-order valence-electron chi connectivity index (χ1n) is 8.19. The van der Waals surface area contributed by atoms with Gasteiger partial charge < -0.3 is 10.4 Å². The van der Waals surface area contributed by atoms with E-state index in [2.05, 4.69) is 27.4 Å². The number of hydrogen-bond donors (Lipinski definition) is 2. The first-order chi connectivity index (χ1) is 11.8. The zero-order valence-electron chi connectivity index (χ0n) is 14.1. The van der Waals surface area contributed by atoms with Gasteiger partial charge in [0.1, 0.15) is 5.82 Å². The maximum absolute atomic E-state index is 8.83. The van der Waals surface area contributed by atoms with Crippen LogP contribution in [0.4, 0.5) is 10.9 Å². The Morgan fingerprint density at radius 2 is 1.79 bits per heavy atom. The summed E-state index contributed by atoms with van der Waals surface area (Å²) >= 11 is 1.60. The highest BCUT2D eigenvalue weighted by Crippen LogP contribution is 2.29. The van der Waals surface area contributed by atoms with Crippen molar-refractivity contribution < 1.29 is 5.11 Å². The Kier molecular flexibility index (Phi) is 7.39. The normalized spacial score (nSPS) is 9.96. The largest absolute Gasteiger partial charge is 0.396 e. The summed E-state index contributed by atoms with van der Waals surface area (Å²) in [5.41, 5.74) is 2.30. The van der Waals surface area contributed by atoms with Gasteiger partial charge in [-0.1, -0.05) is 61.6 Å². The van der Waals surface area contributed by atoms with E-state index in [1.807, 2.05) is 56.6 Å². The quantitative estimate of drug-likeness (QED) is 0.669. The number of anilines is 2. The second-order valence-corrected chi connectivity index (χ2v) is 5.93. The molecule has 3 rings (SSSR count). The van der Waals surface area contributed by atoms with Gasteiger partial charge in [-0.05, 0) is 30.0 Å². The fourth-order valence-electron chi connectivity index (χ4n) is 2.11. The van der Waals surface area contributed by atoms with Crippen LogP contribution in [0.25, 0.3) is 10.4 Å². The molecule has 24 heavy (non-hydrogen) atoms. The Bertz CT molecular complexity index is 711. The molecule has 1 aromatic carbocycles. The molecule has 2 N–H and O–H groups in total. The fraction of sp³-hybridized carbons (Fsp3) is 0.263. The summed E-state index contributed by atoms with van der Waals surface area (Å²) in [6.45, 7) is 4.21. The average molecular weight is 341 g/mol. The molecule has 2 heterocycles. The predicted molar refractivity (Wildman–Crippen MR) is 102 cm³/mol. The molecule has 2 aromatic heterocycles. The maximum Gasteiger partial charge on any atom is 0.188 e. The highest BCUT2D eigenvalue weighted by molar-refractivity contribution is 7.18. The number of aliphatic hydroxyl groups excluding tert-OH is 1. The maximum atomic E-state index is 8.83. The summed E-state index contributed by atoms with van der Waals surface area (Å²) in [4.78, 5) is 9.90. The van der Waals surface area contributed by atoms with E-state index in [1.165, 1.54) is 5.56 Å². The Hall–Kier alpha value is -2.24. The number of nitrogens with zero attached hydrogens (tertiary/aromatic N) is 2. The van der Waals surface area contributed by atoms with Gasteiger partial charge in [0.05, 0.1) is 4.88 Å². The van der Waals surface area contributed by atoms with E-state index in [0.717, 1.165) is 34.2 Å². The zero-order valence-corrected chi connectivity index (χ0v) is 14.9. The van der Waals surface area contributed by atoms with Crippen LogP contribution in [0.3, 0.4) is 0 Å². The van der Waals surface area contributed by atoms with Crippen molar-refractivity contribution in [3.63, 3.8) is 0 Å². The van der Waals surface area contributed by atoms with Crippen LogP contribution in [-0.2, 0) is 6.42 Å². The fourth-order valence-corrected chi connectivity index (χ4v) is 2.94. The molecule has 0 atom stereocenters. The Morgan fingerprint density at radius 1 is 1.00 bits per heavy atom. The molecule has 0 saturated carbocycles. The van der Waals surface area contributed by atoms with Crippen LogP contribution in [0, 0.1) is 0 Å². The summed E-state index contributed by atoms with van der Waals surface area (Å²) < 4.78 is 0. The summed E-state index contributed by atoms with van der Waals surface area (Å²) in [5.74, 6) is 0.779. The second-order valence-electron chi connectivity index (χ2n) is 4.90. The smallest absolute Gasteiger partial charge is 0.188 e. The highest BCUT2D eigenvalue weighted by Gasteiger charge is 2.05. The molecule has 3 aromatic rings. The van der Waals surface area contributed by atoms with Gasteiger partial charge in [0.25, 0.3) is 0 Å². The molecular weight excluding hydrogens is 318 g/mol. The van der Waals surface area contributed by atoms with Crippen molar-refractivity contribution in [1.29, 1.82) is 0 Å². The molecule has 0 amide bonds. The van der Waals surface area contributed by atoms with Crippen LogP contribution in [-0.4, -0.2) is 21.7 Å². The minimum Gasteiger partial charge on any atom is -0.396 e. The summed E-state index contributed by atoms with van der Waals surface area (Å²) in [5, 5.41) is 12.9. The number of thiazole rings is 1. The number of aliphatic hydroxyl groups is 1. The summed E-state index contributed by atoms with van der Waals surface area (Å²) in [6.07, 6.45) is 5.32. The van der Waals surface area contributed by atoms with Crippen LogP contribution < -0.4 is 5.32 Å². The van der Waals surface area contributed by atoms with Crippen LogP contribution in [0.1, 0.15) is 25.8 Å². The van der Waals surface area contributed by atoms with Gasteiger partial charge in [-0.2, -0.15) is 0 Å². The van der Waals surface area contributed by atoms with Gasteiger partial charge in [-0.25, -0.2) is 9.97 Å². The molecular formula is C19H23N3OS. The molecule has 0 radical (unpaired) electrons. The summed E-state index contributed by atoms with van der Waals surface area (Å²) in [7, 11) is 0. The average Bonchev–Trinajstić information content (AvgIpc) is 3.12. The van der Waals surface area contributed by atoms with Gasteiger partial charge >= 0.3 is 0 Å². The molecule has 0 bridgehead atoms. The van der Waals surface area contributed by atoms with Gasteiger partial charge in [0, 0.05) is 19.0 Å². The number of rotatable bonds is 6. The molecule has 0 spiro atoms. The molecule has 0 aliphatic heterocycles. The number of hydrogen-bond acceptors (Lipinski definition) is 5. The van der Waals surface area contributed by atoms with Gasteiger partial charge in [-0.15, -0.1) is 0 Å². The van der Waals surface area contributed by atoms with E-state index in [0.29, 0.717) is 0 Å². The van der Waals surface area contributed by atoms with E-state index in [9.17, 15) is 0 Å². The molecule has 4 nitrogen and oxygen atoms in total. The number of pyridine rings is 1. The molecule has 0 aliphatic rings. The number of nitrogens with one attached hydrogen (secondary N) is 1. The number of benzene rings is 1. The highest BCUT2D eigenvalue weighted by atomic mass is 32.1. The second kappa shape index (κ2) is 9.80. The van der Waals surface area contributed by atoms with Crippen molar-refractivity contribution in [1.82, 2.24) is 9.97 Å². The van der Waals surface area contributed by atoms with Gasteiger partial charge in [-0.3, -0.25) is 0 Å². The monoisotopic (exact) mass is 341 g/mol. The van der Waals surface area contributed by atoms with Crippen LogP contribution in [0.5, 0.6) is 0 Å². The predicted octanol–water partition coefficient (Wildman–Crippen LogP) is 4.90. The first-order valence-corrected chi connectivity index (χ1v) is 9.01. The molecule has 0 saturated heterocycles. The lowest BCUT2D eigenvalue weighted by molar-refractivity contribution is 0.288. The third-order valence-electron chi connectivity index (χ3n) is 3.25. The third-order valence-corrected chi connectivity index (χ3v) is 4.21. The van der Waals surface area contributed by atoms with Crippen molar-refractivity contribution in [2.45, 2.75) is 26.7 Å². The van der Waals surface area contributed by atoms with Gasteiger partial charge in [0.2, 0.25) is 0 Å². The van der Waals surface area contributed by atoms with Crippen LogP contribution >= 0.6 is 11.3 Å². The van der Waals surface area contributed by atoms with Crippen LogP contribution in [0.2, 0.25) is 0 Å². The molecule has 0 aliphatic carbocycles. The Labute approximate surface area is 147 Å². The first kappa shape index (κ1) is 18.1. The minimum atomic E-state index is 0.210. The minimum absolute atomic E-state index is 0.210. The van der Waals surface area contributed by atoms with Crippen LogP contribution in [0.15, 0.2) is 54.9 Å². The lowest BCUT2D eigenvalue weighted by atomic mass is 10.2. The van der Waals surface area contributed by atoms with Crippen molar-refractivity contribution in [3.8, 4) is 10.4 Å². The van der Waals surface area contributed by atoms with Crippen molar-refractivity contribution in [2.24, 2.45) is 0 Å². The van der Waals surface area contributed by atoms with E-state index in [1.54, 1.807) is 11.3 Å². The zero-order chi connectivity index (χ0) is 17.2. The molecule has 126 valence electrons. The van der Waals surface area contributed by atoms with Crippen molar-refractivity contribution in [3.05, 3.63) is 60.4 Å². The lowest BCUT2D eigenvalue weighted by Crippen LogP contribution is -1.95. The van der Waals surface area contributed by atoms with Crippen molar-refractivity contribution >= 4 is 22.3 Å². The number of aromatic nitrogens is 2. The Morgan fingerprint density at radius 3 is 2.46 bits per heavy atom.